The second kappa shape index (κ2) is 5.00. The molecule has 3 nitrogen and oxygen atoms in total. The number of Topliss-reactive ketones (excluding diaryl/α,β-unsaturated/α-hetero) is 2. The van der Waals surface area contributed by atoms with Gasteiger partial charge in [0.2, 0.25) is 11.6 Å². The summed E-state index contributed by atoms with van der Waals surface area (Å²) in [7, 11) is 0. The third-order valence-electron chi connectivity index (χ3n) is 3.45. The first-order valence-electron chi connectivity index (χ1n) is 6.55. The molecule has 2 rings (SSSR count). The highest BCUT2D eigenvalue weighted by molar-refractivity contribution is 6.52. The Balaban J connectivity index is 2.54. The number of rotatable bonds is 3. The van der Waals surface area contributed by atoms with Crippen LogP contribution in [-0.4, -0.2) is 16.7 Å². The minimum Gasteiger partial charge on any atom is -0.507 e. The Kier molecular flexibility index (Phi) is 3.56. The number of carbonyl (C=O) groups is 2. The van der Waals surface area contributed by atoms with E-state index in [9.17, 15) is 14.7 Å². The van der Waals surface area contributed by atoms with Crippen LogP contribution in [0.3, 0.4) is 0 Å². The highest BCUT2D eigenvalue weighted by atomic mass is 16.3. The number of hydrogen-bond donors (Lipinski definition) is 1. The predicted octanol–water partition coefficient (Wildman–Crippen LogP) is 3.40. The lowest BCUT2D eigenvalue weighted by Gasteiger charge is -2.23. The highest BCUT2D eigenvalue weighted by Gasteiger charge is 2.35. The molecule has 0 aliphatic heterocycles. The summed E-state index contributed by atoms with van der Waals surface area (Å²) < 4.78 is 0. The molecule has 1 unspecified atom stereocenters. The summed E-state index contributed by atoms with van der Waals surface area (Å²) in [4.78, 5) is 24.2. The molecule has 1 aliphatic carbocycles. The van der Waals surface area contributed by atoms with Crippen LogP contribution >= 0.6 is 0 Å². The molecule has 0 bridgehead atoms. The zero-order chi connectivity index (χ0) is 14.2. The molecule has 3 heteroatoms. The zero-order valence-electron chi connectivity index (χ0n) is 11.4. The number of hydrogen-bond acceptors (Lipinski definition) is 3. The molecule has 0 heterocycles. The number of aliphatic hydroxyl groups is 1. The van der Waals surface area contributed by atoms with E-state index in [2.05, 4.69) is 13.8 Å². The molecule has 100 valence electrons. The molecule has 0 aromatic heterocycles. The van der Waals surface area contributed by atoms with Gasteiger partial charge in [0, 0.05) is 16.7 Å². The van der Waals surface area contributed by atoms with E-state index in [1.807, 2.05) is 6.92 Å². The van der Waals surface area contributed by atoms with E-state index in [0.717, 1.165) is 6.42 Å². The van der Waals surface area contributed by atoms with Crippen LogP contribution in [0.1, 0.15) is 43.1 Å². The van der Waals surface area contributed by atoms with Gasteiger partial charge < -0.3 is 5.11 Å². The fourth-order valence-corrected chi connectivity index (χ4v) is 2.67. The van der Waals surface area contributed by atoms with Gasteiger partial charge in [-0.25, -0.2) is 0 Å². The van der Waals surface area contributed by atoms with Crippen LogP contribution in [0.25, 0.3) is 5.76 Å². The molecule has 1 aliphatic rings. The van der Waals surface area contributed by atoms with Gasteiger partial charge in [-0.15, -0.1) is 0 Å². The first kappa shape index (κ1) is 13.5. The molecule has 1 aromatic rings. The van der Waals surface area contributed by atoms with E-state index in [4.69, 9.17) is 0 Å². The summed E-state index contributed by atoms with van der Waals surface area (Å²) in [6.45, 7) is 5.99. The summed E-state index contributed by atoms with van der Waals surface area (Å²) in [6, 6.07) is 6.70. The van der Waals surface area contributed by atoms with Crippen molar-refractivity contribution in [2.24, 2.45) is 11.8 Å². The van der Waals surface area contributed by atoms with E-state index < -0.39 is 11.6 Å². The van der Waals surface area contributed by atoms with Gasteiger partial charge in [0.25, 0.3) is 0 Å². The van der Waals surface area contributed by atoms with Gasteiger partial charge in [0.15, 0.2) is 0 Å². The van der Waals surface area contributed by atoms with Gasteiger partial charge in [0.05, 0.1) is 0 Å². The van der Waals surface area contributed by atoms with Crippen molar-refractivity contribution in [3.05, 3.63) is 41.0 Å². The number of fused-ring (bicyclic) bond motifs is 1. The molecule has 0 radical (unpaired) electrons. The molecule has 0 saturated carbocycles. The monoisotopic (exact) mass is 258 g/mol. The molecular weight excluding hydrogens is 240 g/mol. The lowest BCUT2D eigenvalue weighted by Crippen LogP contribution is -2.27. The van der Waals surface area contributed by atoms with Crippen LogP contribution in [0.4, 0.5) is 0 Å². The summed E-state index contributed by atoms with van der Waals surface area (Å²) in [6.07, 6.45) is 0.764. The second-order valence-corrected chi connectivity index (χ2v) is 5.50. The molecular formula is C16H18O3. The quantitative estimate of drug-likeness (QED) is 0.845. The van der Waals surface area contributed by atoms with Gasteiger partial charge in [-0.1, -0.05) is 45.0 Å². The van der Waals surface area contributed by atoms with E-state index >= 15 is 0 Å². The van der Waals surface area contributed by atoms with Gasteiger partial charge >= 0.3 is 0 Å². The fraction of sp³-hybridized carbons (Fsp3) is 0.375. The summed E-state index contributed by atoms with van der Waals surface area (Å²) in [5, 5.41) is 10.3. The molecule has 0 fully saturated rings. The van der Waals surface area contributed by atoms with E-state index in [-0.39, 0.29) is 17.3 Å². The lowest BCUT2D eigenvalue weighted by molar-refractivity contribution is -0.112. The van der Waals surface area contributed by atoms with Gasteiger partial charge in [-0.05, 0) is 18.3 Å². The Morgan fingerprint density at radius 2 is 1.58 bits per heavy atom. The number of aliphatic hydroxyl groups excluding tert-OH is 1. The third-order valence-corrected chi connectivity index (χ3v) is 3.45. The maximum absolute atomic E-state index is 12.2. The molecule has 0 spiro atoms. The summed E-state index contributed by atoms with van der Waals surface area (Å²) >= 11 is 0. The second-order valence-electron chi connectivity index (χ2n) is 5.50. The molecule has 0 amide bonds. The van der Waals surface area contributed by atoms with Gasteiger partial charge in [-0.3, -0.25) is 9.59 Å². The van der Waals surface area contributed by atoms with E-state index in [0.29, 0.717) is 17.0 Å². The molecule has 1 aromatic carbocycles. The lowest BCUT2D eigenvalue weighted by atomic mass is 9.80. The Hall–Kier alpha value is -1.90. The average Bonchev–Trinajstić information content (AvgIpc) is 2.35. The molecule has 0 saturated heterocycles. The van der Waals surface area contributed by atoms with Crippen LogP contribution in [0, 0.1) is 11.8 Å². The number of carbonyl (C=O) groups excluding carboxylic acids is 2. The van der Waals surface area contributed by atoms with Crippen molar-refractivity contribution in [1.29, 1.82) is 0 Å². The van der Waals surface area contributed by atoms with Crippen molar-refractivity contribution in [1.82, 2.24) is 0 Å². The van der Waals surface area contributed by atoms with Crippen molar-refractivity contribution in [2.45, 2.75) is 27.2 Å². The van der Waals surface area contributed by atoms with Gasteiger partial charge in [0.1, 0.15) is 5.76 Å². The average molecular weight is 258 g/mol. The normalized spacial score (nSPS) is 16.8. The van der Waals surface area contributed by atoms with Crippen molar-refractivity contribution in [2.75, 3.05) is 0 Å². The first-order valence-corrected chi connectivity index (χ1v) is 6.55. The van der Waals surface area contributed by atoms with Crippen molar-refractivity contribution >= 4 is 17.3 Å². The minimum absolute atomic E-state index is 0.0339. The number of benzene rings is 1. The Morgan fingerprint density at radius 1 is 1.00 bits per heavy atom. The first-order chi connectivity index (χ1) is 8.93. The van der Waals surface area contributed by atoms with Crippen LogP contribution in [0.5, 0.6) is 0 Å². The van der Waals surface area contributed by atoms with E-state index in [1.165, 1.54) is 0 Å². The Morgan fingerprint density at radius 3 is 2.16 bits per heavy atom. The number of ketones is 2. The standard InChI is InChI=1S/C16H18O3/c1-9(2)8-10(3)13-14(17)11-6-4-5-7-12(11)15(18)16(13)19/h4-7,9-10,17H,8H2,1-3H3. The van der Waals surface area contributed by atoms with Crippen molar-refractivity contribution < 1.29 is 14.7 Å². The zero-order valence-corrected chi connectivity index (χ0v) is 11.4. The molecule has 19 heavy (non-hydrogen) atoms. The fourth-order valence-electron chi connectivity index (χ4n) is 2.67. The van der Waals surface area contributed by atoms with Crippen molar-refractivity contribution in [3.63, 3.8) is 0 Å². The van der Waals surface area contributed by atoms with Crippen LogP contribution < -0.4 is 0 Å². The molecule has 1 atom stereocenters. The number of allylic oxidation sites excluding steroid dienone is 1. The Bertz CT molecular complexity index is 567. The highest BCUT2D eigenvalue weighted by Crippen LogP contribution is 2.33. The molecule has 1 N–H and O–H groups in total. The van der Waals surface area contributed by atoms with Crippen molar-refractivity contribution in [3.8, 4) is 0 Å². The summed E-state index contributed by atoms with van der Waals surface area (Å²) in [5.41, 5.74) is 1.03. The van der Waals surface area contributed by atoms with Crippen LogP contribution in [0.15, 0.2) is 29.8 Å². The Labute approximate surface area is 113 Å². The maximum Gasteiger partial charge on any atom is 0.234 e. The summed E-state index contributed by atoms with van der Waals surface area (Å²) in [5.74, 6) is -0.836. The smallest absolute Gasteiger partial charge is 0.234 e. The predicted molar refractivity (Wildman–Crippen MR) is 73.9 cm³/mol. The van der Waals surface area contributed by atoms with Crippen LogP contribution in [-0.2, 0) is 4.79 Å². The minimum atomic E-state index is -0.565. The van der Waals surface area contributed by atoms with Crippen LogP contribution in [0.2, 0.25) is 0 Å². The maximum atomic E-state index is 12.2. The largest absolute Gasteiger partial charge is 0.507 e. The van der Waals surface area contributed by atoms with Gasteiger partial charge in [-0.2, -0.15) is 0 Å². The third kappa shape index (κ3) is 2.33. The SMILES string of the molecule is CC(C)CC(C)C1=C(O)c2ccccc2C(=O)C1=O. The topological polar surface area (TPSA) is 54.4 Å². The van der Waals surface area contributed by atoms with E-state index in [1.54, 1.807) is 24.3 Å².